The molecule has 2 aromatic rings. The number of aryl methyl sites for hydroxylation is 1. The van der Waals surface area contributed by atoms with Crippen LogP contribution in [0.1, 0.15) is 30.5 Å². The van der Waals surface area contributed by atoms with Gasteiger partial charge in [-0.1, -0.05) is 31.2 Å². The summed E-state index contributed by atoms with van der Waals surface area (Å²) in [5.74, 6) is -2.83. The molecule has 2 aromatic carbocycles. The maximum absolute atomic E-state index is 14.2. The van der Waals surface area contributed by atoms with Crippen molar-refractivity contribution in [2.45, 2.75) is 32.4 Å². The van der Waals surface area contributed by atoms with Crippen LogP contribution in [0.5, 0.6) is 0 Å². The van der Waals surface area contributed by atoms with Crippen molar-refractivity contribution in [1.29, 1.82) is 0 Å². The maximum Gasteiger partial charge on any atom is 0.325 e. The highest BCUT2D eigenvalue weighted by Crippen LogP contribution is 2.31. The minimum absolute atomic E-state index is 0.292. The Hall–Kier alpha value is -3.29. The first-order chi connectivity index (χ1) is 14.2. The second-order valence-corrected chi connectivity index (χ2v) is 7.49. The third-order valence-electron chi connectivity index (χ3n) is 5.31. The van der Waals surface area contributed by atoms with Crippen LogP contribution in [0, 0.1) is 11.6 Å². The monoisotopic (exact) mass is 415 g/mol. The predicted octanol–water partition coefficient (Wildman–Crippen LogP) is 2.95. The number of imide groups is 1. The summed E-state index contributed by atoms with van der Waals surface area (Å²) < 4.78 is 27.8. The number of hydrogen-bond acceptors (Lipinski definition) is 3. The number of likely N-dealkylation sites (N-methyl/N-ethyl adjacent to an activating group) is 1. The van der Waals surface area contributed by atoms with E-state index in [0.29, 0.717) is 6.54 Å². The summed E-state index contributed by atoms with van der Waals surface area (Å²) in [6.07, 6.45) is 0.909. The lowest BCUT2D eigenvalue weighted by molar-refractivity contribution is -0.138. The molecule has 0 unspecified atom stereocenters. The van der Waals surface area contributed by atoms with E-state index in [1.807, 2.05) is 31.2 Å². The second-order valence-electron chi connectivity index (χ2n) is 7.49. The number of hydrogen-bond donors (Lipinski definition) is 1. The smallest absolute Gasteiger partial charge is 0.325 e. The fourth-order valence-electron chi connectivity index (χ4n) is 3.40. The number of nitrogens with zero attached hydrogens (tertiary/aromatic N) is 2. The third-order valence-corrected chi connectivity index (χ3v) is 5.31. The Morgan fingerprint density at radius 2 is 1.73 bits per heavy atom. The number of rotatable bonds is 6. The van der Waals surface area contributed by atoms with Crippen molar-refractivity contribution in [3.05, 3.63) is 70.8 Å². The Labute approximate surface area is 173 Å². The van der Waals surface area contributed by atoms with E-state index in [2.05, 4.69) is 5.32 Å². The molecule has 1 fully saturated rings. The zero-order chi connectivity index (χ0) is 22.1. The van der Waals surface area contributed by atoms with Gasteiger partial charge in [-0.15, -0.1) is 0 Å². The highest BCUT2D eigenvalue weighted by Gasteiger charge is 2.51. The van der Waals surface area contributed by atoms with Crippen LogP contribution in [0.15, 0.2) is 42.5 Å². The molecule has 0 radical (unpaired) electrons. The summed E-state index contributed by atoms with van der Waals surface area (Å²) in [6, 6.07) is 9.63. The molecule has 1 atom stereocenters. The number of amides is 4. The van der Waals surface area contributed by atoms with E-state index >= 15 is 0 Å². The van der Waals surface area contributed by atoms with Gasteiger partial charge >= 0.3 is 6.03 Å². The summed E-state index contributed by atoms with van der Waals surface area (Å²) in [4.78, 5) is 40.0. The molecule has 4 amide bonds. The van der Waals surface area contributed by atoms with Gasteiger partial charge in [0.1, 0.15) is 23.7 Å². The predicted molar refractivity (Wildman–Crippen MR) is 106 cm³/mol. The van der Waals surface area contributed by atoms with Crippen molar-refractivity contribution in [2.75, 3.05) is 13.6 Å². The fraction of sp³-hybridized carbons (Fsp3) is 0.318. The van der Waals surface area contributed by atoms with Crippen molar-refractivity contribution in [2.24, 2.45) is 0 Å². The van der Waals surface area contributed by atoms with Gasteiger partial charge < -0.3 is 10.2 Å². The van der Waals surface area contributed by atoms with Gasteiger partial charge in [-0.25, -0.2) is 13.6 Å². The molecule has 0 aliphatic carbocycles. The third kappa shape index (κ3) is 4.03. The number of carbonyl (C=O) groups excluding carboxylic acids is 3. The van der Waals surface area contributed by atoms with Crippen LogP contribution in [0.4, 0.5) is 13.6 Å². The van der Waals surface area contributed by atoms with Crippen molar-refractivity contribution in [1.82, 2.24) is 15.1 Å². The van der Waals surface area contributed by atoms with E-state index < -0.39 is 41.6 Å². The Morgan fingerprint density at radius 3 is 2.37 bits per heavy atom. The molecule has 158 valence electrons. The minimum atomic E-state index is -1.79. The van der Waals surface area contributed by atoms with Crippen LogP contribution in [0.2, 0.25) is 0 Å². The molecule has 1 aliphatic rings. The molecular formula is C22H23F2N3O3. The average molecular weight is 415 g/mol. The van der Waals surface area contributed by atoms with Crippen molar-refractivity contribution < 1.29 is 23.2 Å². The highest BCUT2D eigenvalue weighted by atomic mass is 19.1. The minimum Gasteiger partial charge on any atom is -0.340 e. The summed E-state index contributed by atoms with van der Waals surface area (Å²) in [6.45, 7) is 3.14. The molecule has 0 bridgehead atoms. The van der Waals surface area contributed by atoms with Gasteiger partial charge in [-0.3, -0.25) is 14.5 Å². The molecule has 30 heavy (non-hydrogen) atoms. The Morgan fingerprint density at radius 1 is 1.10 bits per heavy atom. The fourth-order valence-corrected chi connectivity index (χ4v) is 3.40. The highest BCUT2D eigenvalue weighted by molar-refractivity contribution is 6.09. The lowest BCUT2D eigenvalue weighted by Crippen LogP contribution is -2.44. The number of benzene rings is 2. The molecule has 0 saturated carbocycles. The standard InChI is InChI=1S/C22H23F2N3O3/c1-4-14-5-7-15(8-6-14)12-26(3)19(28)13-27-20(29)22(2,25-21(27)30)17-11-16(23)9-10-18(17)24/h5-11H,4,12-13H2,1-3H3,(H,25,30)/t22-/m0/s1. The van der Waals surface area contributed by atoms with Gasteiger partial charge in [-0.2, -0.15) is 0 Å². The topological polar surface area (TPSA) is 69.7 Å². The molecule has 0 aromatic heterocycles. The first kappa shape index (κ1) is 21.4. The van der Waals surface area contributed by atoms with Crippen LogP contribution in [0.25, 0.3) is 0 Å². The number of nitrogens with one attached hydrogen (secondary N) is 1. The van der Waals surface area contributed by atoms with Gasteiger partial charge in [0.05, 0.1) is 0 Å². The van der Waals surface area contributed by atoms with Crippen molar-refractivity contribution in [3.8, 4) is 0 Å². The van der Waals surface area contributed by atoms with Crippen LogP contribution in [-0.4, -0.2) is 41.2 Å². The molecule has 1 aliphatic heterocycles. The Balaban J connectivity index is 1.72. The van der Waals surface area contributed by atoms with Crippen molar-refractivity contribution >= 4 is 17.8 Å². The van der Waals surface area contributed by atoms with E-state index in [4.69, 9.17) is 0 Å². The first-order valence-corrected chi connectivity index (χ1v) is 9.57. The van der Waals surface area contributed by atoms with Gasteiger partial charge in [0.15, 0.2) is 0 Å². The average Bonchev–Trinajstić information content (AvgIpc) is 2.94. The van der Waals surface area contributed by atoms with Crippen molar-refractivity contribution in [3.63, 3.8) is 0 Å². The lowest BCUT2D eigenvalue weighted by Gasteiger charge is -2.23. The second kappa shape index (κ2) is 8.22. The zero-order valence-corrected chi connectivity index (χ0v) is 17.0. The van der Waals surface area contributed by atoms with Crippen LogP contribution < -0.4 is 5.32 Å². The summed E-state index contributed by atoms with van der Waals surface area (Å²) in [7, 11) is 1.57. The largest absolute Gasteiger partial charge is 0.340 e. The zero-order valence-electron chi connectivity index (χ0n) is 17.0. The summed E-state index contributed by atoms with van der Waals surface area (Å²) in [5.41, 5.74) is 0.000911. The molecule has 1 heterocycles. The lowest BCUT2D eigenvalue weighted by atomic mass is 9.91. The van der Waals surface area contributed by atoms with Gasteiger partial charge in [0.25, 0.3) is 5.91 Å². The molecule has 6 nitrogen and oxygen atoms in total. The van der Waals surface area contributed by atoms with E-state index in [1.165, 1.54) is 17.4 Å². The van der Waals surface area contributed by atoms with E-state index in [9.17, 15) is 23.2 Å². The van der Waals surface area contributed by atoms with Gasteiger partial charge in [-0.05, 0) is 42.7 Å². The van der Waals surface area contributed by atoms with Crippen LogP contribution >= 0.6 is 0 Å². The summed E-state index contributed by atoms with van der Waals surface area (Å²) >= 11 is 0. The van der Waals surface area contributed by atoms with Crippen LogP contribution in [0.3, 0.4) is 0 Å². The van der Waals surface area contributed by atoms with E-state index in [1.54, 1.807) is 7.05 Å². The number of carbonyl (C=O) groups is 3. The molecular weight excluding hydrogens is 392 g/mol. The first-order valence-electron chi connectivity index (χ1n) is 9.57. The Kier molecular flexibility index (Phi) is 5.87. The van der Waals surface area contributed by atoms with Crippen LogP contribution in [-0.2, 0) is 28.1 Å². The Bertz CT molecular complexity index is 994. The number of halogens is 2. The van der Waals surface area contributed by atoms with E-state index in [-0.39, 0.29) is 5.56 Å². The normalized spacial score (nSPS) is 18.5. The maximum atomic E-state index is 14.2. The number of urea groups is 1. The molecule has 1 saturated heterocycles. The van der Waals surface area contributed by atoms with Gasteiger partial charge in [0, 0.05) is 19.2 Å². The molecule has 0 spiro atoms. The van der Waals surface area contributed by atoms with Gasteiger partial charge in [0.2, 0.25) is 5.91 Å². The molecule has 3 rings (SSSR count). The SMILES string of the molecule is CCc1ccc(CN(C)C(=O)CN2C(=O)N[C@@](C)(c3cc(F)ccc3F)C2=O)cc1. The quantitative estimate of drug-likeness (QED) is 0.738. The summed E-state index contributed by atoms with van der Waals surface area (Å²) in [5, 5.41) is 2.38. The molecule has 8 heteroatoms. The van der Waals surface area contributed by atoms with E-state index in [0.717, 1.165) is 35.1 Å². The molecule has 1 N–H and O–H groups in total.